The molecule has 0 saturated carbocycles. The van der Waals surface area contributed by atoms with Crippen molar-refractivity contribution in [2.24, 2.45) is 5.92 Å². The second-order valence-electron chi connectivity index (χ2n) is 8.83. The highest BCUT2D eigenvalue weighted by Gasteiger charge is 2.29. The summed E-state index contributed by atoms with van der Waals surface area (Å²) < 4.78 is 5.23. The van der Waals surface area contributed by atoms with Crippen molar-refractivity contribution < 1.29 is 24.2 Å². The first-order chi connectivity index (χ1) is 13.9. The number of carboxylic acids is 1. The molecule has 8 nitrogen and oxygen atoms in total. The van der Waals surface area contributed by atoms with Gasteiger partial charge in [0, 0.05) is 18.1 Å². The molecule has 30 heavy (non-hydrogen) atoms. The average Bonchev–Trinajstić information content (AvgIpc) is 3.06. The van der Waals surface area contributed by atoms with Crippen molar-refractivity contribution in [1.29, 1.82) is 0 Å². The highest BCUT2D eigenvalue weighted by atomic mass is 16.6. The summed E-state index contributed by atoms with van der Waals surface area (Å²) in [4.78, 5) is 39.8. The van der Waals surface area contributed by atoms with E-state index in [2.05, 4.69) is 15.6 Å². The maximum Gasteiger partial charge on any atom is 0.408 e. The Labute approximate surface area is 176 Å². The van der Waals surface area contributed by atoms with Crippen molar-refractivity contribution in [3.63, 3.8) is 0 Å². The van der Waals surface area contributed by atoms with Crippen molar-refractivity contribution in [2.45, 2.75) is 65.1 Å². The van der Waals surface area contributed by atoms with Gasteiger partial charge in [-0.3, -0.25) is 4.79 Å². The molecule has 164 valence electrons. The standard InChI is InChI=1S/C22H31N3O5/c1-13(2)10-17(25-21(29)30-22(3,4)5)19(26)24-18(20(27)28)12-14-6-7-16-15(11-14)8-9-23-16/h6-9,11,13,17-18,23H,10,12H2,1-5H3,(H,24,26)(H,25,29)(H,27,28)/t17-,18-/m0/s1. The number of nitrogens with one attached hydrogen (secondary N) is 3. The van der Waals surface area contributed by atoms with Gasteiger partial charge in [0.15, 0.2) is 0 Å². The van der Waals surface area contributed by atoms with Crippen LogP contribution in [0.3, 0.4) is 0 Å². The second-order valence-corrected chi connectivity index (χ2v) is 8.83. The zero-order chi connectivity index (χ0) is 22.5. The number of ether oxygens (including phenoxy) is 1. The van der Waals surface area contributed by atoms with Crippen molar-refractivity contribution >= 4 is 28.9 Å². The van der Waals surface area contributed by atoms with E-state index < -0.39 is 35.7 Å². The molecule has 0 saturated heterocycles. The Morgan fingerprint density at radius 3 is 2.40 bits per heavy atom. The van der Waals surface area contributed by atoms with E-state index in [9.17, 15) is 19.5 Å². The minimum atomic E-state index is -1.14. The molecule has 0 spiro atoms. The van der Waals surface area contributed by atoms with Crippen molar-refractivity contribution in [3.8, 4) is 0 Å². The molecule has 0 bridgehead atoms. The van der Waals surface area contributed by atoms with E-state index in [1.165, 1.54) is 0 Å². The van der Waals surface area contributed by atoms with Crippen LogP contribution in [-0.4, -0.2) is 45.7 Å². The number of hydrogen-bond acceptors (Lipinski definition) is 4. The third-order valence-electron chi connectivity index (χ3n) is 4.39. The number of benzene rings is 1. The number of alkyl carbamates (subject to hydrolysis) is 1. The summed E-state index contributed by atoms with van der Waals surface area (Å²) >= 11 is 0. The monoisotopic (exact) mass is 417 g/mol. The fraction of sp³-hybridized carbons (Fsp3) is 0.500. The maximum absolute atomic E-state index is 12.8. The Kier molecular flexibility index (Phi) is 7.48. The molecule has 1 aromatic carbocycles. The predicted octanol–water partition coefficient (Wildman–Crippen LogP) is 3.22. The van der Waals surface area contributed by atoms with Gasteiger partial charge in [-0.15, -0.1) is 0 Å². The fourth-order valence-corrected chi connectivity index (χ4v) is 3.09. The van der Waals surface area contributed by atoms with Crippen molar-refractivity contribution in [3.05, 3.63) is 36.0 Å². The van der Waals surface area contributed by atoms with Gasteiger partial charge < -0.3 is 25.5 Å². The second kappa shape index (κ2) is 9.65. The molecule has 4 N–H and O–H groups in total. The average molecular weight is 418 g/mol. The van der Waals surface area contributed by atoms with Crippen molar-refractivity contribution in [2.75, 3.05) is 0 Å². The van der Waals surface area contributed by atoms with Gasteiger partial charge in [-0.05, 0) is 62.3 Å². The molecule has 2 aromatic rings. The molecule has 2 amide bonds. The van der Waals surface area contributed by atoms with Crippen LogP contribution in [0.5, 0.6) is 0 Å². The number of fused-ring (bicyclic) bond motifs is 1. The van der Waals surface area contributed by atoms with Crippen molar-refractivity contribution in [1.82, 2.24) is 15.6 Å². The molecule has 0 unspecified atom stereocenters. The number of aliphatic carboxylic acids is 1. The van der Waals surface area contributed by atoms with Gasteiger partial charge >= 0.3 is 12.1 Å². The number of hydrogen-bond donors (Lipinski definition) is 4. The summed E-state index contributed by atoms with van der Waals surface area (Å²) in [6.45, 7) is 9.01. The third-order valence-corrected chi connectivity index (χ3v) is 4.39. The lowest BCUT2D eigenvalue weighted by atomic mass is 10.0. The number of H-pyrrole nitrogens is 1. The molecule has 0 radical (unpaired) electrons. The van der Waals surface area contributed by atoms with Gasteiger partial charge in [0.25, 0.3) is 0 Å². The largest absolute Gasteiger partial charge is 0.480 e. The van der Waals surface area contributed by atoms with Crippen LogP contribution in [0.25, 0.3) is 10.9 Å². The lowest BCUT2D eigenvalue weighted by Gasteiger charge is -2.25. The Morgan fingerprint density at radius 1 is 1.10 bits per heavy atom. The lowest BCUT2D eigenvalue weighted by molar-refractivity contribution is -0.142. The number of rotatable bonds is 8. The molecule has 0 fully saturated rings. The predicted molar refractivity (Wildman–Crippen MR) is 114 cm³/mol. The third kappa shape index (κ3) is 7.09. The molecular weight excluding hydrogens is 386 g/mol. The van der Waals surface area contributed by atoms with Crippen LogP contribution < -0.4 is 10.6 Å². The zero-order valence-corrected chi connectivity index (χ0v) is 18.1. The molecular formula is C22H31N3O5. The highest BCUT2D eigenvalue weighted by molar-refractivity contribution is 5.89. The van der Waals surface area contributed by atoms with E-state index in [-0.39, 0.29) is 12.3 Å². The molecule has 2 atom stereocenters. The summed E-state index contributed by atoms with van der Waals surface area (Å²) in [5.41, 5.74) is 1.03. The summed E-state index contributed by atoms with van der Waals surface area (Å²) in [5, 5.41) is 15.7. The molecule has 0 aliphatic heterocycles. The molecule has 1 aromatic heterocycles. The minimum Gasteiger partial charge on any atom is -0.480 e. The van der Waals surface area contributed by atoms with Gasteiger partial charge in [0.05, 0.1) is 0 Å². The summed E-state index contributed by atoms with van der Waals surface area (Å²) in [5.74, 6) is -1.59. The smallest absolute Gasteiger partial charge is 0.408 e. The van der Waals surface area contributed by atoms with Crippen LogP contribution >= 0.6 is 0 Å². The van der Waals surface area contributed by atoms with Gasteiger partial charge in [-0.2, -0.15) is 0 Å². The Bertz CT molecular complexity index is 898. The van der Waals surface area contributed by atoms with Gasteiger partial charge in [-0.1, -0.05) is 19.9 Å². The number of carbonyl (C=O) groups is 3. The van der Waals surface area contributed by atoms with E-state index >= 15 is 0 Å². The number of carbonyl (C=O) groups excluding carboxylic acids is 2. The molecule has 1 heterocycles. The van der Waals surface area contributed by atoms with Crippen LogP contribution in [-0.2, 0) is 20.7 Å². The van der Waals surface area contributed by atoms with E-state index in [4.69, 9.17) is 4.74 Å². The molecule has 0 aliphatic rings. The first-order valence-electron chi connectivity index (χ1n) is 10.0. The van der Waals surface area contributed by atoms with Crippen LogP contribution in [0.1, 0.15) is 46.6 Å². The Morgan fingerprint density at radius 2 is 1.80 bits per heavy atom. The SMILES string of the molecule is CC(C)C[C@H](NC(=O)OC(C)(C)C)C(=O)N[C@@H](Cc1ccc2[nH]ccc2c1)C(=O)O. The van der Waals surface area contributed by atoms with E-state index in [1.807, 2.05) is 44.3 Å². The van der Waals surface area contributed by atoms with Crippen LogP contribution in [0, 0.1) is 5.92 Å². The number of amides is 2. The molecule has 2 rings (SSSR count). The zero-order valence-electron chi connectivity index (χ0n) is 18.1. The number of carboxylic acid groups (broad SMARTS) is 1. The van der Waals surface area contributed by atoms with Gasteiger partial charge in [-0.25, -0.2) is 9.59 Å². The van der Waals surface area contributed by atoms with E-state index in [1.54, 1.807) is 20.8 Å². The summed E-state index contributed by atoms with van der Waals surface area (Å²) in [7, 11) is 0. The number of aromatic nitrogens is 1. The molecule has 0 aliphatic carbocycles. The first-order valence-corrected chi connectivity index (χ1v) is 10.0. The van der Waals surface area contributed by atoms with Crippen LogP contribution in [0.15, 0.2) is 30.5 Å². The van der Waals surface area contributed by atoms with Gasteiger partial charge in [0.2, 0.25) is 5.91 Å². The minimum absolute atomic E-state index is 0.106. The van der Waals surface area contributed by atoms with E-state index in [0.29, 0.717) is 6.42 Å². The Balaban J connectivity index is 2.10. The van der Waals surface area contributed by atoms with Crippen LogP contribution in [0.4, 0.5) is 4.79 Å². The van der Waals surface area contributed by atoms with E-state index in [0.717, 1.165) is 16.5 Å². The lowest BCUT2D eigenvalue weighted by Crippen LogP contribution is -2.53. The Hall–Kier alpha value is -3.03. The highest BCUT2D eigenvalue weighted by Crippen LogP contribution is 2.16. The van der Waals surface area contributed by atoms with Crippen LogP contribution in [0.2, 0.25) is 0 Å². The molecule has 8 heteroatoms. The normalized spacial score (nSPS) is 13.7. The summed E-state index contributed by atoms with van der Waals surface area (Å²) in [6, 6.07) is 5.47. The van der Waals surface area contributed by atoms with Gasteiger partial charge in [0.1, 0.15) is 17.7 Å². The first kappa shape index (κ1) is 23.3. The topological polar surface area (TPSA) is 121 Å². The summed E-state index contributed by atoms with van der Waals surface area (Å²) in [6.07, 6.45) is 1.58. The quantitative estimate of drug-likeness (QED) is 0.526. The maximum atomic E-state index is 12.8. The fourth-order valence-electron chi connectivity index (χ4n) is 3.09. The number of aromatic amines is 1.